The summed E-state index contributed by atoms with van der Waals surface area (Å²) in [5, 5.41) is 3.16. The van der Waals surface area contributed by atoms with Crippen molar-refractivity contribution >= 4 is 45.7 Å². The standard InChI is InChI=1S/C13H14N4O2S2/c1-7-12(21-13(15)16-7)20-6-10(18)17-9-5-3-2-4-8(9)11(14)19/h2-5H,6H2,1H3,(H2,14,19)(H2,15,16)(H,17,18). The predicted octanol–water partition coefficient (Wildman–Crippen LogP) is 1.86. The number of para-hydroxylation sites is 1. The third kappa shape index (κ3) is 3.96. The van der Waals surface area contributed by atoms with Crippen LogP contribution < -0.4 is 16.8 Å². The molecule has 0 atom stereocenters. The summed E-state index contributed by atoms with van der Waals surface area (Å²) in [5.74, 6) is -0.597. The Kier molecular flexibility index (Phi) is 4.81. The highest BCUT2D eigenvalue weighted by molar-refractivity contribution is 8.01. The number of aryl methyl sites for hydroxylation is 1. The number of hydrogen-bond donors (Lipinski definition) is 3. The van der Waals surface area contributed by atoms with E-state index in [1.807, 2.05) is 6.92 Å². The van der Waals surface area contributed by atoms with Crippen molar-refractivity contribution in [1.82, 2.24) is 4.98 Å². The average molecular weight is 322 g/mol. The average Bonchev–Trinajstić information content (AvgIpc) is 2.75. The second-order valence-electron chi connectivity index (χ2n) is 4.17. The van der Waals surface area contributed by atoms with Crippen molar-refractivity contribution in [3.05, 3.63) is 35.5 Å². The molecule has 8 heteroatoms. The predicted molar refractivity (Wildman–Crippen MR) is 85.6 cm³/mol. The Morgan fingerprint density at radius 2 is 2.10 bits per heavy atom. The zero-order chi connectivity index (χ0) is 15.4. The lowest BCUT2D eigenvalue weighted by Crippen LogP contribution is -2.19. The van der Waals surface area contributed by atoms with Crippen LogP contribution in [0, 0.1) is 6.92 Å². The van der Waals surface area contributed by atoms with Crippen LogP contribution in [0.2, 0.25) is 0 Å². The van der Waals surface area contributed by atoms with Crippen LogP contribution in [0.1, 0.15) is 16.1 Å². The van der Waals surface area contributed by atoms with Gasteiger partial charge in [0.05, 0.1) is 26.9 Å². The largest absolute Gasteiger partial charge is 0.375 e. The molecule has 0 bridgehead atoms. The second-order valence-corrected chi connectivity index (χ2v) is 6.45. The lowest BCUT2D eigenvalue weighted by molar-refractivity contribution is -0.113. The number of carbonyl (C=O) groups excluding carboxylic acids is 2. The summed E-state index contributed by atoms with van der Waals surface area (Å²) in [6.07, 6.45) is 0. The summed E-state index contributed by atoms with van der Waals surface area (Å²) in [6.45, 7) is 1.84. The first kappa shape index (κ1) is 15.3. The fourth-order valence-corrected chi connectivity index (χ4v) is 3.48. The van der Waals surface area contributed by atoms with Crippen LogP contribution in [-0.2, 0) is 4.79 Å². The minimum absolute atomic E-state index is 0.204. The van der Waals surface area contributed by atoms with Gasteiger partial charge in [0.25, 0.3) is 5.91 Å². The van der Waals surface area contributed by atoms with Crippen LogP contribution in [0.5, 0.6) is 0 Å². The van der Waals surface area contributed by atoms with Gasteiger partial charge in [-0.05, 0) is 19.1 Å². The number of nitrogens with one attached hydrogen (secondary N) is 1. The number of amides is 2. The Morgan fingerprint density at radius 3 is 2.71 bits per heavy atom. The van der Waals surface area contributed by atoms with Crippen LogP contribution in [0.25, 0.3) is 0 Å². The molecule has 0 saturated heterocycles. The summed E-state index contributed by atoms with van der Waals surface area (Å²) in [6, 6.07) is 6.62. The number of carbonyl (C=O) groups is 2. The second kappa shape index (κ2) is 6.59. The molecule has 6 nitrogen and oxygen atoms in total. The Balaban J connectivity index is 1.99. The number of rotatable bonds is 5. The van der Waals surface area contributed by atoms with Gasteiger partial charge < -0.3 is 16.8 Å². The van der Waals surface area contributed by atoms with Crippen LogP contribution in [0.15, 0.2) is 28.5 Å². The van der Waals surface area contributed by atoms with Crippen LogP contribution in [-0.4, -0.2) is 22.6 Å². The fourth-order valence-electron chi connectivity index (χ4n) is 1.66. The number of benzene rings is 1. The molecule has 1 aromatic heterocycles. The van der Waals surface area contributed by atoms with Gasteiger partial charge in [-0.3, -0.25) is 9.59 Å². The number of thiazole rings is 1. The van der Waals surface area contributed by atoms with Gasteiger partial charge in [0, 0.05) is 0 Å². The number of nitrogen functional groups attached to an aromatic ring is 1. The molecule has 0 radical (unpaired) electrons. The first-order valence-corrected chi connectivity index (χ1v) is 7.82. The summed E-state index contributed by atoms with van der Waals surface area (Å²) in [5.41, 5.74) is 12.4. The molecule has 5 N–H and O–H groups in total. The third-order valence-electron chi connectivity index (χ3n) is 2.57. The number of anilines is 2. The molecule has 2 amide bonds. The molecule has 0 saturated carbocycles. The lowest BCUT2D eigenvalue weighted by Gasteiger charge is -2.08. The highest BCUT2D eigenvalue weighted by atomic mass is 32.2. The van der Waals surface area contributed by atoms with Gasteiger partial charge in [-0.1, -0.05) is 23.5 Å². The van der Waals surface area contributed by atoms with Crippen LogP contribution >= 0.6 is 23.1 Å². The van der Waals surface area contributed by atoms with Crippen molar-refractivity contribution in [3.63, 3.8) is 0 Å². The minimum atomic E-state index is -0.579. The Labute approximate surface area is 129 Å². The van der Waals surface area contributed by atoms with E-state index in [9.17, 15) is 9.59 Å². The van der Waals surface area contributed by atoms with E-state index in [0.717, 1.165) is 9.90 Å². The number of nitrogens with two attached hydrogens (primary N) is 2. The molecule has 2 aromatic rings. The van der Waals surface area contributed by atoms with E-state index in [2.05, 4.69) is 10.3 Å². The molecule has 0 aliphatic rings. The van der Waals surface area contributed by atoms with E-state index < -0.39 is 5.91 Å². The Morgan fingerprint density at radius 1 is 1.38 bits per heavy atom. The van der Waals surface area contributed by atoms with E-state index in [0.29, 0.717) is 10.8 Å². The maximum atomic E-state index is 11.9. The summed E-state index contributed by atoms with van der Waals surface area (Å²) in [4.78, 5) is 27.3. The molecule has 2 rings (SSSR count). The van der Waals surface area contributed by atoms with E-state index in [-0.39, 0.29) is 17.2 Å². The van der Waals surface area contributed by atoms with Gasteiger partial charge in [-0.25, -0.2) is 4.98 Å². The van der Waals surface area contributed by atoms with Gasteiger partial charge in [-0.2, -0.15) is 0 Å². The molecular formula is C13H14N4O2S2. The van der Waals surface area contributed by atoms with E-state index in [4.69, 9.17) is 11.5 Å². The number of primary amides is 1. The molecule has 0 aliphatic heterocycles. The van der Waals surface area contributed by atoms with Gasteiger partial charge in [0.1, 0.15) is 0 Å². The topological polar surface area (TPSA) is 111 Å². The van der Waals surface area contributed by atoms with Crippen molar-refractivity contribution in [2.75, 3.05) is 16.8 Å². The Hall–Kier alpha value is -2.06. The normalized spacial score (nSPS) is 10.3. The first-order chi connectivity index (χ1) is 9.97. The van der Waals surface area contributed by atoms with Crippen LogP contribution in [0.3, 0.4) is 0 Å². The smallest absolute Gasteiger partial charge is 0.250 e. The quantitative estimate of drug-likeness (QED) is 0.728. The van der Waals surface area contributed by atoms with Crippen molar-refractivity contribution < 1.29 is 9.59 Å². The molecule has 1 heterocycles. The maximum absolute atomic E-state index is 11.9. The molecule has 0 aliphatic carbocycles. The van der Waals surface area contributed by atoms with E-state index in [1.165, 1.54) is 23.1 Å². The summed E-state index contributed by atoms with van der Waals surface area (Å²) < 4.78 is 0.908. The summed E-state index contributed by atoms with van der Waals surface area (Å²) in [7, 11) is 0. The molecule has 21 heavy (non-hydrogen) atoms. The van der Waals surface area contributed by atoms with Crippen molar-refractivity contribution in [2.45, 2.75) is 11.1 Å². The van der Waals surface area contributed by atoms with Crippen molar-refractivity contribution in [2.24, 2.45) is 5.73 Å². The number of nitrogens with zero attached hydrogens (tertiary/aromatic N) is 1. The zero-order valence-corrected chi connectivity index (χ0v) is 12.9. The van der Waals surface area contributed by atoms with Gasteiger partial charge >= 0.3 is 0 Å². The third-order valence-corrected chi connectivity index (χ3v) is 4.92. The number of hydrogen-bond acceptors (Lipinski definition) is 6. The maximum Gasteiger partial charge on any atom is 0.250 e. The molecule has 0 spiro atoms. The van der Waals surface area contributed by atoms with Gasteiger partial charge in [0.2, 0.25) is 5.91 Å². The molecular weight excluding hydrogens is 308 g/mol. The monoisotopic (exact) mass is 322 g/mol. The highest BCUT2D eigenvalue weighted by Gasteiger charge is 2.12. The highest BCUT2D eigenvalue weighted by Crippen LogP contribution is 2.30. The minimum Gasteiger partial charge on any atom is -0.375 e. The van der Waals surface area contributed by atoms with Crippen molar-refractivity contribution in [3.8, 4) is 0 Å². The van der Waals surface area contributed by atoms with Crippen LogP contribution in [0.4, 0.5) is 10.8 Å². The van der Waals surface area contributed by atoms with E-state index in [1.54, 1.807) is 24.3 Å². The fraction of sp³-hybridized carbons (Fsp3) is 0.154. The first-order valence-electron chi connectivity index (χ1n) is 6.01. The zero-order valence-electron chi connectivity index (χ0n) is 11.3. The molecule has 110 valence electrons. The SMILES string of the molecule is Cc1nc(N)sc1SCC(=O)Nc1ccccc1C(N)=O. The van der Waals surface area contributed by atoms with Gasteiger partial charge in [-0.15, -0.1) is 11.8 Å². The number of aromatic nitrogens is 1. The van der Waals surface area contributed by atoms with Gasteiger partial charge in [0.15, 0.2) is 5.13 Å². The van der Waals surface area contributed by atoms with Crippen molar-refractivity contribution in [1.29, 1.82) is 0 Å². The summed E-state index contributed by atoms with van der Waals surface area (Å²) >= 11 is 2.70. The molecule has 0 fully saturated rings. The molecule has 0 unspecified atom stereocenters. The number of thioether (sulfide) groups is 1. The lowest BCUT2D eigenvalue weighted by atomic mass is 10.1. The molecule has 1 aromatic carbocycles. The van der Waals surface area contributed by atoms with E-state index >= 15 is 0 Å². The Bertz CT molecular complexity index is 685.